The number of esters is 1. The number of carbonyl (C=O) groups is 2. The van der Waals surface area contributed by atoms with Gasteiger partial charge in [0, 0.05) is 11.6 Å². The second-order valence-electron chi connectivity index (χ2n) is 6.09. The number of aryl methyl sites for hydroxylation is 3. The van der Waals surface area contributed by atoms with Crippen LogP contribution in [0.3, 0.4) is 0 Å². The van der Waals surface area contributed by atoms with Crippen LogP contribution in [0.25, 0.3) is 0 Å². The SMILES string of the molecule is Cc1cc(C)c(C(=O)C(C)OC(=O)c2ccc(Cl)c([N+](=O)[O-])c2)cc1C. The van der Waals surface area contributed by atoms with Crippen LogP contribution in [-0.4, -0.2) is 22.8 Å². The summed E-state index contributed by atoms with van der Waals surface area (Å²) in [7, 11) is 0. The molecule has 136 valence electrons. The fraction of sp³-hybridized carbons (Fsp3) is 0.263. The van der Waals surface area contributed by atoms with Crippen LogP contribution in [0.1, 0.15) is 44.3 Å². The third-order valence-electron chi connectivity index (χ3n) is 4.14. The van der Waals surface area contributed by atoms with E-state index in [4.69, 9.17) is 16.3 Å². The van der Waals surface area contributed by atoms with Crippen molar-refractivity contribution in [1.29, 1.82) is 0 Å². The topological polar surface area (TPSA) is 86.5 Å². The highest BCUT2D eigenvalue weighted by Gasteiger charge is 2.24. The van der Waals surface area contributed by atoms with Crippen molar-refractivity contribution >= 4 is 29.0 Å². The number of benzene rings is 2. The predicted octanol–water partition coefficient (Wildman–Crippen LogP) is 4.60. The maximum Gasteiger partial charge on any atom is 0.339 e. The van der Waals surface area contributed by atoms with E-state index in [1.54, 1.807) is 6.07 Å². The molecule has 6 nitrogen and oxygen atoms in total. The molecule has 1 atom stereocenters. The van der Waals surface area contributed by atoms with Gasteiger partial charge in [0.2, 0.25) is 5.78 Å². The minimum absolute atomic E-state index is 0.0439. The summed E-state index contributed by atoms with van der Waals surface area (Å²) < 4.78 is 5.20. The first-order chi connectivity index (χ1) is 12.1. The summed E-state index contributed by atoms with van der Waals surface area (Å²) in [6.45, 7) is 7.14. The number of Topliss-reactive ketones (excluding diaryl/α,β-unsaturated/α-hetero) is 1. The first-order valence-corrected chi connectivity index (χ1v) is 8.26. The molecule has 0 aliphatic rings. The van der Waals surface area contributed by atoms with Crippen LogP contribution in [-0.2, 0) is 4.74 Å². The summed E-state index contributed by atoms with van der Waals surface area (Å²) in [5.74, 6) is -1.16. The van der Waals surface area contributed by atoms with E-state index >= 15 is 0 Å². The summed E-state index contributed by atoms with van der Waals surface area (Å²) in [5.41, 5.74) is 2.87. The quantitative estimate of drug-likeness (QED) is 0.330. The van der Waals surface area contributed by atoms with Gasteiger partial charge in [-0.15, -0.1) is 0 Å². The average molecular weight is 376 g/mol. The van der Waals surface area contributed by atoms with E-state index in [1.165, 1.54) is 19.1 Å². The minimum atomic E-state index is -1.03. The van der Waals surface area contributed by atoms with Gasteiger partial charge in [0.1, 0.15) is 5.02 Å². The number of halogens is 1. The Bertz CT molecular complexity index is 907. The molecule has 0 amide bonds. The monoisotopic (exact) mass is 375 g/mol. The van der Waals surface area contributed by atoms with Gasteiger partial charge < -0.3 is 4.74 Å². The van der Waals surface area contributed by atoms with E-state index in [0.717, 1.165) is 22.8 Å². The second-order valence-corrected chi connectivity index (χ2v) is 6.49. The molecule has 2 aromatic carbocycles. The molecule has 0 heterocycles. The lowest BCUT2D eigenvalue weighted by atomic mass is 9.96. The molecule has 0 bridgehead atoms. The Hall–Kier alpha value is -2.73. The highest BCUT2D eigenvalue weighted by molar-refractivity contribution is 6.32. The van der Waals surface area contributed by atoms with Crippen LogP contribution in [0.15, 0.2) is 30.3 Å². The highest BCUT2D eigenvalue weighted by atomic mass is 35.5. The fourth-order valence-electron chi connectivity index (χ4n) is 2.51. The lowest BCUT2D eigenvalue weighted by Crippen LogP contribution is -2.25. The van der Waals surface area contributed by atoms with Crippen LogP contribution in [0, 0.1) is 30.9 Å². The molecule has 0 aliphatic heterocycles. The van der Waals surface area contributed by atoms with Crippen molar-refractivity contribution < 1.29 is 19.2 Å². The Balaban J connectivity index is 2.22. The van der Waals surface area contributed by atoms with Crippen molar-refractivity contribution in [2.45, 2.75) is 33.8 Å². The third kappa shape index (κ3) is 4.08. The molecule has 0 radical (unpaired) electrons. The number of rotatable bonds is 5. The van der Waals surface area contributed by atoms with E-state index < -0.39 is 22.7 Å². The largest absolute Gasteiger partial charge is 0.451 e. The van der Waals surface area contributed by atoms with E-state index in [0.29, 0.717) is 5.56 Å². The zero-order chi connectivity index (χ0) is 19.6. The van der Waals surface area contributed by atoms with Crippen molar-refractivity contribution in [2.75, 3.05) is 0 Å². The summed E-state index contributed by atoms with van der Waals surface area (Å²) in [4.78, 5) is 35.1. The second kappa shape index (κ2) is 7.66. The summed E-state index contributed by atoms with van der Waals surface area (Å²) in [6.07, 6.45) is -1.03. The van der Waals surface area contributed by atoms with Crippen LogP contribution < -0.4 is 0 Å². The molecule has 0 aromatic heterocycles. The average Bonchev–Trinajstić information content (AvgIpc) is 2.57. The Morgan fingerprint density at radius 3 is 2.31 bits per heavy atom. The number of ketones is 1. The number of carbonyl (C=O) groups excluding carboxylic acids is 2. The highest BCUT2D eigenvalue weighted by Crippen LogP contribution is 2.26. The van der Waals surface area contributed by atoms with Gasteiger partial charge in [-0.2, -0.15) is 0 Å². The van der Waals surface area contributed by atoms with Crippen LogP contribution >= 0.6 is 11.6 Å². The van der Waals surface area contributed by atoms with Crippen LogP contribution in [0.5, 0.6) is 0 Å². The maximum atomic E-state index is 12.6. The molecule has 2 rings (SSSR count). The van der Waals surface area contributed by atoms with E-state index in [1.807, 2.05) is 26.8 Å². The molecule has 26 heavy (non-hydrogen) atoms. The number of nitro benzene ring substituents is 1. The van der Waals surface area contributed by atoms with Crippen LogP contribution in [0.2, 0.25) is 5.02 Å². The van der Waals surface area contributed by atoms with Crippen LogP contribution in [0.4, 0.5) is 5.69 Å². The molecular formula is C19H18ClNO5. The standard InChI is InChI=1S/C19H18ClNO5/c1-10-7-12(3)15(8-11(10)2)18(22)13(4)26-19(23)14-5-6-16(20)17(9-14)21(24)25/h5-9,13H,1-4H3. The number of nitrogens with zero attached hydrogens (tertiary/aromatic N) is 1. The molecule has 1 unspecified atom stereocenters. The number of ether oxygens (including phenoxy) is 1. The summed E-state index contributed by atoms with van der Waals surface area (Å²) in [5, 5.41) is 10.8. The van der Waals surface area contributed by atoms with Gasteiger partial charge >= 0.3 is 5.97 Å². The van der Waals surface area contributed by atoms with Gasteiger partial charge in [0.25, 0.3) is 5.69 Å². The van der Waals surface area contributed by atoms with Crippen molar-refractivity contribution in [2.24, 2.45) is 0 Å². The number of hydrogen-bond donors (Lipinski definition) is 0. The fourth-order valence-corrected chi connectivity index (χ4v) is 2.69. The van der Waals surface area contributed by atoms with Gasteiger partial charge in [-0.25, -0.2) is 4.79 Å². The molecular weight excluding hydrogens is 358 g/mol. The van der Waals surface area contributed by atoms with Gasteiger partial charge in [0.05, 0.1) is 10.5 Å². The molecule has 0 saturated carbocycles. The van der Waals surface area contributed by atoms with Crippen molar-refractivity contribution in [3.05, 3.63) is 73.3 Å². The van der Waals surface area contributed by atoms with Crippen molar-refractivity contribution in [3.63, 3.8) is 0 Å². The van der Waals surface area contributed by atoms with Gasteiger partial charge in [-0.05, 0) is 62.6 Å². The molecule has 0 spiro atoms. The van der Waals surface area contributed by atoms with E-state index in [9.17, 15) is 19.7 Å². The summed E-state index contributed by atoms with van der Waals surface area (Å²) >= 11 is 5.73. The van der Waals surface area contributed by atoms with E-state index in [2.05, 4.69) is 0 Å². The van der Waals surface area contributed by atoms with Gasteiger partial charge in [-0.1, -0.05) is 17.7 Å². The Morgan fingerprint density at radius 1 is 1.08 bits per heavy atom. The lowest BCUT2D eigenvalue weighted by molar-refractivity contribution is -0.384. The molecule has 0 fully saturated rings. The van der Waals surface area contributed by atoms with E-state index in [-0.39, 0.29) is 16.4 Å². The maximum absolute atomic E-state index is 12.6. The number of nitro groups is 1. The molecule has 2 aromatic rings. The minimum Gasteiger partial charge on any atom is -0.451 e. The molecule has 7 heteroatoms. The smallest absolute Gasteiger partial charge is 0.339 e. The van der Waals surface area contributed by atoms with Gasteiger partial charge in [-0.3, -0.25) is 14.9 Å². The first-order valence-electron chi connectivity index (χ1n) is 7.88. The molecule has 0 N–H and O–H groups in total. The van der Waals surface area contributed by atoms with Crippen molar-refractivity contribution in [3.8, 4) is 0 Å². The Morgan fingerprint density at radius 2 is 1.69 bits per heavy atom. The molecule has 0 saturated heterocycles. The lowest BCUT2D eigenvalue weighted by Gasteiger charge is -2.15. The third-order valence-corrected chi connectivity index (χ3v) is 4.46. The molecule has 0 aliphatic carbocycles. The van der Waals surface area contributed by atoms with Gasteiger partial charge in [0.15, 0.2) is 6.10 Å². The predicted molar refractivity (Wildman–Crippen MR) is 98.0 cm³/mol. The number of hydrogen-bond acceptors (Lipinski definition) is 5. The normalized spacial score (nSPS) is 11.7. The summed E-state index contributed by atoms with van der Waals surface area (Å²) in [6, 6.07) is 7.26. The Labute approximate surface area is 155 Å². The Kier molecular flexibility index (Phi) is 5.77. The first kappa shape index (κ1) is 19.6. The van der Waals surface area contributed by atoms with Crippen molar-refractivity contribution in [1.82, 2.24) is 0 Å². The zero-order valence-corrected chi connectivity index (χ0v) is 15.6. The zero-order valence-electron chi connectivity index (χ0n) is 14.8.